The van der Waals surface area contributed by atoms with Crippen molar-refractivity contribution in [3.05, 3.63) is 94.3 Å². The minimum absolute atomic E-state index is 0.201. The maximum absolute atomic E-state index is 13.4. The van der Waals surface area contributed by atoms with Crippen molar-refractivity contribution in [3.8, 4) is 6.07 Å². The third kappa shape index (κ3) is 6.41. The van der Waals surface area contributed by atoms with Gasteiger partial charge in [0.2, 0.25) is 0 Å². The van der Waals surface area contributed by atoms with Crippen LogP contribution in [0.25, 0.3) is 0 Å². The molecule has 34 heavy (non-hydrogen) atoms. The second kappa shape index (κ2) is 10.9. The van der Waals surface area contributed by atoms with E-state index < -0.39 is 0 Å². The lowest BCUT2D eigenvalue weighted by molar-refractivity contribution is 0.0673. The van der Waals surface area contributed by atoms with E-state index >= 15 is 0 Å². The van der Waals surface area contributed by atoms with Gasteiger partial charge in [-0.2, -0.15) is 5.26 Å². The summed E-state index contributed by atoms with van der Waals surface area (Å²) >= 11 is 6.47. The highest BCUT2D eigenvalue weighted by molar-refractivity contribution is 6.31. The molecule has 0 atom stereocenters. The molecule has 7 nitrogen and oxygen atoms in total. The minimum atomic E-state index is -0.331. The van der Waals surface area contributed by atoms with Gasteiger partial charge in [-0.15, -0.1) is 0 Å². The van der Waals surface area contributed by atoms with Gasteiger partial charge in [-0.05, 0) is 72.1 Å². The minimum Gasteiger partial charge on any atom is -0.334 e. The first kappa shape index (κ1) is 24.9. The molecule has 0 spiro atoms. The molecule has 0 aliphatic rings. The van der Waals surface area contributed by atoms with Gasteiger partial charge in [-0.1, -0.05) is 25.4 Å². The van der Waals surface area contributed by atoms with Crippen LogP contribution < -0.4 is 11.1 Å². The van der Waals surface area contributed by atoms with Gasteiger partial charge in [0, 0.05) is 47.3 Å². The molecule has 0 aliphatic carbocycles. The van der Waals surface area contributed by atoms with Crippen LogP contribution in [0, 0.1) is 16.7 Å². The summed E-state index contributed by atoms with van der Waals surface area (Å²) in [6.45, 7) is 4.98. The Kier molecular flexibility index (Phi) is 8.00. The predicted octanol–water partition coefficient (Wildman–Crippen LogP) is 4.49. The average Bonchev–Trinajstić information content (AvgIpc) is 2.85. The van der Waals surface area contributed by atoms with Crippen LogP contribution in [0.15, 0.2) is 67.0 Å². The molecule has 0 saturated carbocycles. The van der Waals surface area contributed by atoms with Crippen LogP contribution >= 0.6 is 11.6 Å². The van der Waals surface area contributed by atoms with Gasteiger partial charge in [-0.25, -0.2) is 0 Å². The van der Waals surface area contributed by atoms with Gasteiger partial charge in [0.1, 0.15) is 0 Å². The number of pyridine rings is 1. The van der Waals surface area contributed by atoms with Crippen LogP contribution in [-0.2, 0) is 6.54 Å². The molecular weight excluding hydrogens is 450 g/mol. The molecule has 1 aromatic heterocycles. The van der Waals surface area contributed by atoms with Gasteiger partial charge in [0.15, 0.2) is 0 Å². The van der Waals surface area contributed by atoms with E-state index in [1.54, 1.807) is 71.9 Å². The lowest BCUT2D eigenvalue weighted by Crippen LogP contribution is -2.41. The molecule has 1 heterocycles. The topological polar surface area (TPSA) is 112 Å². The highest BCUT2D eigenvalue weighted by Gasteiger charge is 2.25. The monoisotopic (exact) mass is 475 g/mol. The smallest absolute Gasteiger partial charge is 0.255 e. The molecule has 0 radical (unpaired) electrons. The second-order valence-corrected chi connectivity index (χ2v) is 9.12. The van der Waals surface area contributed by atoms with E-state index in [-0.39, 0.29) is 23.8 Å². The summed E-state index contributed by atoms with van der Waals surface area (Å²) in [4.78, 5) is 31.5. The number of benzene rings is 2. The van der Waals surface area contributed by atoms with E-state index in [2.05, 4.69) is 16.4 Å². The van der Waals surface area contributed by atoms with Crippen LogP contribution in [0.2, 0.25) is 5.02 Å². The number of carbonyl (C=O) groups excluding carboxylic acids is 2. The Morgan fingerprint density at radius 1 is 1.09 bits per heavy atom. The van der Waals surface area contributed by atoms with E-state index in [1.807, 2.05) is 13.8 Å². The Bertz CT molecular complexity index is 1200. The number of anilines is 1. The van der Waals surface area contributed by atoms with Crippen molar-refractivity contribution in [1.29, 1.82) is 5.26 Å². The number of nitrogens with one attached hydrogen (secondary N) is 1. The number of nitrogens with zero attached hydrogens (tertiary/aromatic N) is 3. The lowest BCUT2D eigenvalue weighted by atomic mass is 9.92. The zero-order chi connectivity index (χ0) is 24.7. The quantitative estimate of drug-likeness (QED) is 0.498. The Morgan fingerprint density at radius 2 is 1.76 bits per heavy atom. The Balaban J connectivity index is 1.87. The number of hydrogen-bond donors (Lipinski definition) is 2. The Labute approximate surface area is 204 Å². The summed E-state index contributed by atoms with van der Waals surface area (Å²) in [6, 6.07) is 17.0. The maximum atomic E-state index is 13.4. The van der Waals surface area contributed by atoms with E-state index in [4.69, 9.17) is 22.6 Å². The Hall–Kier alpha value is -3.73. The summed E-state index contributed by atoms with van der Waals surface area (Å²) in [6.07, 6.45) is 3.10. The van der Waals surface area contributed by atoms with Crippen LogP contribution in [0.4, 0.5) is 5.69 Å². The number of carbonyl (C=O) groups is 2. The first-order chi connectivity index (χ1) is 16.2. The maximum Gasteiger partial charge on any atom is 0.255 e. The van der Waals surface area contributed by atoms with Crippen molar-refractivity contribution in [2.45, 2.75) is 20.4 Å². The molecule has 174 valence electrons. The zero-order valence-corrected chi connectivity index (χ0v) is 19.8. The SMILES string of the molecule is CC(C)(CN)CN(Cc1cc(NC(=O)c2ccncc2)ccc1Cl)C(=O)c1ccc(C#N)cc1. The lowest BCUT2D eigenvalue weighted by Gasteiger charge is -2.32. The summed E-state index contributed by atoms with van der Waals surface area (Å²) in [5, 5.41) is 12.4. The second-order valence-electron chi connectivity index (χ2n) is 8.71. The van der Waals surface area contributed by atoms with Crippen molar-refractivity contribution < 1.29 is 9.59 Å². The number of halogens is 1. The van der Waals surface area contributed by atoms with E-state index in [0.29, 0.717) is 46.1 Å². The molecular formula is C26H26ClN5O2. The first-order valence-electron chi connectivity index (χ1n) is 10.7. The summed E-state index contributed by atoms with van der Waals surface area (Å²) in [7, 11) is 0. The first-order valence-corrected chi connectivity index (χ1v) is 11.1. The molecule has 0 saturated heterocycles. The molecule has 3 rings (SSSR count). The van der Waals surface area contributed by atoms with E-state index in [0.717, 1.165) is 0 Å². The largest absolute Gasteiger partial charge is 0.334 e. The normalized spacial score (nSPS) is 10.9. The molecule has 2 aromatic carbocycles. The molecule has 3 aromatic rings. The number of nitrogens with two attached hydrogens (primary N) is 1. The van der Waals surface area contributed by atoms with Gasteiger partial charge >= 0.3 is 0 Å². The Morgan fingerprint density at radius 3 is 2.38 bits per heavy atom. The average molecular weight is 476 g/mol. The third-order valence-corrected chi connectivity index (χ3v) is 5.70. The van der Waals surface area contributed by atoms with Gasteiger partial charge in [0.05, 0.1) is 11.6 Å². The summed E-state index contributed by atoms with van der Waals surface area (Å²) < 4.78 is 0. The van der Waals surface area contributed by atoms with E-state index in [9.17, 15) is 9.59 Å². The highest BCUT2D eigenvalue weighted by Crippen LogP contribution is 2.26. The number of aromatic nitrogens is 1. The summed E-state index contributed by atoms with van der Waals surface area (Å²) in [5.41, 5.74) is 8.27. The molecule has 0 fully saturated rings. The molecule has 0 aliphatic heterocycles. The predicted molar refractivity (Wildman–Crippen MR) is 132 cm³/mol. The van der Waals surface area contributed by atoms with Crippen LogP contribution in [-0.4, -0.2) is 34.8 Å². The highest BCUT2D eigenvalue weighted by atomic mass is 35.5. The number of amides is 2. The van der Waals surface area contributed by atoms with Crippen molar-refractivity contribution in [2.75, 3.05) is 18.4 Å². The van der Waals surface area contributed by atoms with Gasteiger partial charge < -0.3 is 16.0 Å². The number of hydrogen-bond acceptors (Lipinski definition) is 5. The number of nitriles is 1. The molecule has 2 amide bonds. The molecule has 0 bridgehead atoms. The summed E-state index contributed by atoms with van der Waals surface area (Å²) in [5.74, 6) is -0.473. The van der Waals surface area contributed by atoms with E-state index in [1.165, 1.54) is 0 Å². The zero-order valence-electron chi connectivity index (χ0n) is 19.1. The van der Waals surface area contributed by atoms with Crippen LogP contribution in [0.3, 0.4) is 0 Å². The van der Waals surface area contributed by atoms with Crippen LogP contribution in [0.5, 0.6) is 0 Å². The van der Waals surface area contributed by atoms with Crippen molar-refractivity contribution in [1.82, 2.24) is 9.88 Å². The number of rotatable bonds is 8. The molecule has 3 N–H and O–H groups in total. The third-order valence-electron chi connectivity index (χ3n) is 5.33. The fourth-order valence-electron chi connectivity index (χ4n) is 3.34. The fraction of sp³-hybridized carbons (Fsp3) is 0.231. The van der Waals surface area contributed by atoms with Crippen molar-refractivity contribution >= 4 is 29.1 Å². The van der Waals surface area contributed by atoms with Gasteiger partial charge in [0.25, 0.3) is 11.8 Å². The van der Waals surface area contributed by atoms with Crippen molar-refractivity contribution in [3.63, 3.8) is 0 Å². The van der Waals surface area contributed by atoms with Gasteiger partial charge in [-0.3, -0.25) is 14.6 Å². The van der Waals surface area contributed by atoms with Crippen molar-refractivity contribution in [2.24, 2.45) is 11.1 Å². The molecule has 0 unspecified atom stereocenters. The van der Waals surface area contributed by atoms with Crippen LogP contribution in [0.1, 0.15) is 45.7 Å². The fourth-order valence-corrected chi connectivity index (χ4v) is 3.51. The molecule has 8 heteroatoms. The standard InChI is InChI=1S/C26H26ClN5O2/c1-26(2,16-29)17-32(25(34)20-5-3-18(14-28)4-6-20)15-21-13-22(7-8-23(21)27)31-24(33)19-9-11-30-12-10-19/h3-13H,15-17,29H2,1-2H3,(H,31,33).